The maximum Gasteiger partial charge on any atom is 0.266 e. The monoisotopic (exact) mass is 374 g/mol. The number of aliphatic carboxylic acids is 1. The molecule has 1 saturated heterocycles. The van der Waals surface area contributed by atoms with Crippen LogP contribution in [0, 0.1) is 0 Å². The molecular weight excluding hydrogens is 362 g/mol. The number of thiophene rings is 1. The molecule has 2 heterocycles. The van der Waals surface area contributed by atoms with Gasteiger partial charge in [0.25, 0.3) is 5.91 Å². The Morgan fingerprint density at radius 2 is 2.00 bits per heavy atom. The molecule has 3 rings (SSSR count). The fraction of sp³-hybridized carbons (Fsp3) is 0.118. The first-order valence-electron chi connectivity index (χ1n) is 7.11. The number of hydrogen-bond acceptors (Lipinski definition) is 6. The van der Waals surface area contributed by atoms with E-state index in [-0.39, 0.29) is 16.6 Å². The predicted molar refractivity (Wildman–Crippen MR) is 98.3 cm³/mol. The Balaban J connectivity index is 1.87. The third-order valence-corrected chi connectivity index (χ3v) is 5.65. The Labute approximate surface area is 152 Å². The minimum Gasteiger partial charge on any atom is -0.548 e. The van der Waals surface area contributed by atoms with Crippen molar-refractivity contribution in [3.8, 4) is 0 Å². The maximum absolute atomic E-state index is 12.6. The number of rotatable bonds is 5. The van der Waals surface area contributed by atoms with Crippen molar-refractivity contribution in [2.75, 3.05) is 0 Å². The first kappa shape index (κ1) is 16.9. The number of nitrogens with zero attached hydrogens (tertiary/aromatic N) is 1. The number of benzene rings is 1. The first-order valence-corrected chi connectivity index (χ1v) is 9.22. The number of thioether (sulfide) groups is 1. The van der Waals surface area contributed by atoms with E-state index in [0.29, 0.717) is 4.91 Å². The van der Waals surface area contributed by atoms with Gasteiger partial charge >= 0.3 is 0 Å². The molecule has 24 heavy (non-hydrogen) atoms. The Kier molecular flexibility index (Phi) is 5.13. The molecule has 1 atom stereocenters. The Morgan fingerprint density at radius 1 is 1.25 bits per heavy atom. The smallest absolute Gasteiger partial charge is 0.266 e. The van der Waals surface area contributed by atoms with Crippen LogP contribution < -0.4 is 5.11 Å². The molecule has 1 fully saturated rings. The highest BCUT2D eigenvalue weighted by Gasteiger charge is 2.37. The molecule has 1 aromatic heterocycles. The van der Waals surface area contributed by atoms with E-state index in [1.54, 1.807) is 6.08 Å². The highest BCUT2D eigenvalue weighted by Crippen LogP contribution is 2.35. The van der Waals surface area contributed by atoms with E-state index >= 15 is 0 Å². The van der Waals surface area contributed by atoms with Crippen LogP contribution in [0.4, 0.5) is 0 Å². The summed E-state index contributed by atoms with van der Waals surface area (Å²) in [6, 6.07) is 11.8. The average molecular weight is 374 g/mol. The number of hydrogen-bond donors (Lipinski definition) is 0. The van der Waals surface area contributed by atoms with Crippen molar-refractivity contribution in [3.63, 3.8) is 0 Å². The van der Waals surface area contributed by atoms with Gasteiger partial charge in [-0.05, 0) is 29.5 Å². The molecule has 122 valence electrons. The fourth-order valence-corrected chi connectivity index (χ4v) is 4.45. The van der Waals surface area contributed by atoms with E-state index in [1.165, 1.54) is 11.3 Å². The molecule has 1 aliphatic rings. The van der Waals surface area contributed by atoms with Gasteiger partial charge in [0.2, 0.25) is 0 Å². The molecule has 0 unspecified atom stereocenters. The highest BCUT2D eigenvalue weighted by molar-refractivity contribution is 8.26. The number of carbonyl (C=O) groups is 2. The summed E-state index contributed by atoms with van der Waals surface area (Å²) >= 11 is 7.86. The van der Waals surface area contributed by atoms with Crippen molar-refractivity contribution < 1.29 is 14.7 Å². The lowest BCUT2D eigenvalue weighted by Crippen LogP contribution is -2.51. The van der Waals surface area contributed by atoms with Gasteiger partial charge in [-0.15, -0.1) is 11.3 Å². The standard InChI is InChI=1S/C17H13NO3S3/c19-15-14(10-12-7-4-8-23-12)24-17(22)18(15)13(16(20)21)9-11-5-2-1-3-6-11/h1-8,10,13H,9H2,(H,20,21)/p-1/b14-10+/t13-/m0/s1. The van der Waals surface area contributed by atoms with Crippen LogP contribution in [0.5, 0.6) is 0 Å². The molecule has 0 spiro atoms. The van der Waals surface area contributed by atoms with Crippen LogP contribution in [-0.2, 0) is 16.0 Å². The summed E-state index contributed by atoms with van der Waals surface area (Å²) in [5.41, 5.74) is 0.808. The van der Waals surface area contributed by atoms with Gasteiger partial charge in [0, 0.05) is 4.88 Å². The minimum atomic E-state index is -1.31. The second kappa shape index (κ2) is 7.29. The zero-order valence-electron chi connectivity index (χ0n) is 12.4. The zero-order valence-corrected chi connectivity index (χ0v) is 14.8. The second-order valence-corrected chi connectivity index (χ2v) is 7.75. The normalized spacial score (nSPS) is 17.5. The van der Waals surface area contributed by atoms with Gasteiger partial charge in [0.05, 0.1) is 16.9 Å². The number of carboxylic acids is 1. The Bertz CT molecular complexity index is 800. The molecule has 7 heteroatoms. The zero-order chi connectivity index (χ0) is 17.1. The summed E-state index contributed by atoms with van der Waals surface area (Å²) in [4.78, 5) is 26.8. The van der Waals surface area contributed by atoms with Gasteiger partial charge in [-0.1, -0.05) is 60.4 Å². The molecule has 0 bridgehead atoms. The lowest BCUT2D eigenvalue weighted by Gasteiger charge is -2.27. The second-order valence-electron chi connectivity index (χ2n) is 5.09. The van der Waals surface area contributed by atoms with E-state index in [0.717, 1.165) is 27.1 Å². The third kappa shape index (κ3) is 3.58. The number of carbonyl (C=O) groups excluding carboxylic acids is 2. The minimum absolute atomic E-state index is 0.155. The van der Waals surface area contributed by atoms with Crippen molar-refractivity contribution in [2.45, 2.75) is 12.5 Å². The van der Waals surface area contributed by atoms with Crippen LogP contribution in [0.1, 0.15) is 10.4 Å². The largest absolute Gasteiger partial charge is 0.548 e. The Morgan fingerprint density at radius 3 is 2.62 bits per heavy atom. The summed E-state index contributed by atoms with van der Waals surface area (Å²) in [6.07, 6.45) is 1.89. The van der Waals surface area contributed by atoms with Crippen LogP contribution >= 0.6 is 35.3 Å². The lowest BCUT2D eigenvalue weighted by atomic mass is 10.0. The number of amides is 1. The van der Waals surface area contributed by atoms with Gasteiger partial charge in [-0.2, -0.15) is 0 Å². The molecule has 0 radical (unpaired) electrons. The van der Waals surface area contributed by atoms with Crippen molar-refractivity contribution >= 4 is 57.6 Å². The van der Waals surface area contributed by atoms with Crippen LogP contribution in [0.2, 0.25) is 0 Å². The summed E-state index contributed by atoms with van der Waals surface area (Å²) in [7, 11) is 0. The van der Waals surface area contributed by atoms with Crippen molar-refractivity contribution in [3.05, 3.63) is 63.2 Å². The molecular formula is C17H12NO3S3-. The molecule has 2 aromatic rings. The average Bonchev–Trinajstić information content (AvgIpc) is 3.16. The van der Waals surface area contributed by atoms with E-state index in [2.05, 4.69) is 0 Å². The molecule has 0 saturated carbocycles. The van der Waals surface area contributed by atoms with E-state index in [9.17, 15) is 14.7 Å². The van der Waals surface area contributed by atoms with Gasteiger partial charge in [-0.3, -0.25) is 9.69 Å². The summed E-state index contributed by atoms with van der Waals surface area (Å²) in [5, 5.41) is 13.5. The van der Waals surface area contributed by atoms with Crippen LogP contribution in [0.3, 0.4) is 0 Å². The summed E-state index contributed by atoms with van der Waals surface area (Å²) in [6.45, 7) is 0. The SMILES string of the molecule is O=C([O-])[C@H](Cc1ccccc1)N1C(=O)/C(=C\c2cccs2)SC1=S. The fourth-order valence-electron chi connectivity index (χ4n) is 2.37. The number of thiocarbonyl (C=S) groups is 1. The molecule has 0 aliphatic carbocycles. The van der Waals surface area contributed by atoms with Gasteiger partial charge in [-0.25, -0.2) is 0 Å². The Hall–Kier alpha value is -1.96. The van der Waals surface area contributed by atoms with Gasteiger partial charge in [0.1, 0.15) is 4.32 Å². The van der Waals surface area contributed by atoms with Gasteiger partial charge in [0.15, 0.2) is 0 Å². The van der Waals surface area contributed by atoms with Gasteiger partial charge < -0.3 is 9.90 Å². The number of carboxylic acid groups (broad SMARTS) is 1. The quantitative estimate of drug-likeness (QED) is 0.594. The first-order chi connectivity index (χ1) is 11.6. The van der Waals surface area contributed by atoms with Crippen LogP contribution in [0.15, 0.2) is 52.7 Å². The molecule has 1 amide bonds. The van der Waals surface area contributed by atoms with E-state index < -0.39 is 12.0 Å². The summed E-state index contributed by atoms with van der Waals surface area (Å²) in [5.74, 6) is -1.70. The van der Waals surface area contributed by atoms with Crippen LogP contribution in [-0.4, -0.2) is 27.1 Å². The van der Waals surface area contributed by atoms with Crippen LogP contribution in [0.25, 0.3) is 6.08 Å². The highest BCUT2D eigenvalue weighted by atomic mass is 32.2. The van der Waals surface area contributed by atoms with Crippen molar-refractivity contribution in [2.24, 2.45) is 0 Å². The lowest BCUT2D eigenvalue weighted by molar-refractivity contribution is -0.310. The molecule has 1 aliphatic heterocycles. The molecule has 4 nitrogen and oxygen atoms in total. The topological polar surface area (TPSA) is 60.4 Å². The van der Waals surface area contributed by atoms with Crippen molar-refractivity contribution in [1.82, 2.24) is 4.90 Å². The third-order valence-electron chi connectivity index (χ3n) is 3.50. The predicted octanol–water partition coefficient (Wildman–Crippen LogP) is 2.31. The molecule has 1 aromatic carbocycles. The summed E-state index contributed by atoms with van der Waals surface area (Å²) < 4.78 is 0.243. The van der Waals surface area contributed by atoms with Crippen molar-refractivity contribution in [1.29, 1.82) is 0 Å². The van der Waals surface area contributed by atoms with E-state index in [1.807, 2.05) is 47.8 Å². The van der Waals surface area contributed by atoms with E-state index in [4.69, 9.17) is 12.2 Å². The molecule has 0 N–H and O–H groups in total. The maximum atomic E-state index is 12.6.